The van der Waals surface area contributed by atoms with Gasteiger partial charge in [-0.15, -0.1) is 0 Å². The van der Waals surface area contributed by atoms with Gasteiger partial charge in [0.25, 0.3) is 0 Å². The van der Waals surface area contributed by atoms with Crippen LogP contribution in [0.4, 0.5) is 35.2 Å². The lowest BCUT2D eigenvalue weighted by Crippen LogP contribution is -2.15. The first kappa shape index (κ1) is 24.2. The largest absolute Gasteiger partial charge is 0.465 e. The van der Waals surface area contributed by atoms with Gasteiger partial charge >= 0.3 is 12.3 Å². The summed E-state index contributed by atoms with van der Waals surface area (Å²) in [5, 5.41) is 17.9. The maximum Gasteiger partial charge on any atom is 0.416 e. The van der Waals surface area contributed by atoms with E-state index in [1.807, 2.05) is 0 Å². The van der Waals surface area contributed by atoms with Crippen LogP contribution in [0.1, 0.15) is 54.4 Å². The predicted octanol–water partition coefficient (Wildman–Crippen LogP) is 5.67. The Hall–Kier alpha value is -3.89. The lowest BCUT2D eigenvalue weighted by atomic mass is 10.0. The Labute approximate surface area is 199 Å². The lowest BCUT2D eigenvalue weighted by molar-refractivity contribution is -0.137. The third-order valence-electron chi connectivity index (χ3n) is 5.87. The van der Waals surface area contributed by atoms with Gasteiger partial charge in [0.15, 0.2) is 0 Å². The number of carbonyl (C=O) groups excluding carboxylic acids is 1. The molecule has 4 rings (SSSR count). The quantitative estimate of drug-likeness (QED) is 0.369. The summed E-state index contributed by atoms with van der Waals surface area (Å²) in [6.07, 6.45) is -3.47. The highest BCUT2D eigenvalue weighted by molar-refractivity contribution is 5.98. The summed E-state index contributed by atoms with van der Waals surface area (Å²) in [6.45, 7) is 4.62. The van der Waals surface area contributed by atoms with E-state index in [0.717, 1.165) is 42.5 Å². The summed E-state index contributed by atoms with van der Waals surface area (Å²) < 4.78 is 40.5. The molecule has 1 atom stereocenters. The third-order valence-corrected chi connectivity index (χ3v) is 5.87. The van der Waals surface area contributed by atoms with Gasteiger partial charge in [0.05, 0.1) is 17.1 Å². The molecule has 0 bridgehead atoms. The Balaban J connectivity index is 1.79. The Morgan fingerprint density at radius 3 is 2.43 bits per heavy atom. The van der Waals surface area contributed by atoms with Crippen molar-refractivity contribution in [2.24, 2.45) is 0 Å². The normalized spacial score (nSPS) is 13.9. The molecule has 1 heterocycles. The Morgan fingerprint density at radius 1 is 1.06 bits per heavy atom. The number of hydrogen-bond donors (Lipinski definition) is 4. The van der Waals surface area contributed by atoms with Crippen molar-refractivity contribution in [2.45, 2.75) is 52.3 Å². The van der Waals surface area contributed by atoms with E-state index in [9.17, 15) is 27.9 Å². The number of aromatic nitrogens is 2. The van der Waals surface area contributed by atoms with Crippen molar-refractivity contribution in [3.05, 3.63) is 52.3 Å². The van der Waals surface area contributed by atoms with Crippen LogP contribution >= 0.6 is 0 Å². The molecule has 0 fully saturated rings. The second kappa shape index (κ2) is 9.05. The molecule has 2 amide bonds. The highest BCUT2D eigenvalue weighted by Crippen LogP contribution is 2.39. The average Bonchev–Trinajstić information content (AvgIpc) is 3.23. The third kappa shape index (κ3) is 5.13. The van der Waals surface area contributed by atoms with Crippen LogP contribution < -0.4 is 16.0 Å². The number of nitrogens with zero attached hydrogens (tertiary/aromatic N) is 2. The molecule has 35 heavy (non-hydrogen) atoms. The van der Waals surface area contributed by atoms with E-state index >= 15 is 0 Å². The topological polar surface area (TPSA) is 116 Å². The SMILES string of the molecule is CC(=O)Nc1cc([C@@H](C)Nc2nc(C)nc3c4c(c(NC(=O)O)cc23)CCC4)cc(C(F)(F)F)c1. The molecule has 4 N–H and O–H groups in total. The molecule has 8 nitrogen and oxygen atoms in total. The van der Waals surface area contributed by atoms with E-state index in [2.05, 4.69) is 25.9 Å². The first-order valence-electron chi connectivity index (χ1n) is 11.0. The number of benzene rings is 2. The van der Waals surface area contributed by atoms with Gasteiger partial charge in [0.1, 0.15) is 11.6 Å². The Morgan fingerprint density at radius 2 is 1.77 bits per heavy atom. The lowest BCUT2D eigenvalue weighted by Gasteiger charge is -2.21. The van der Waals surface area contributed by atoms with E-state index in [0.29, 0.717) is 28.2 Å². The van der Waals surface area contributed by atoms with Crippen molar-refractivity contribution in [3.8, 4) is 0 Å². The number of nitrogens with one attached hydrogen (secondary N) is 3. The summed E-state index contributed by atoms with van der Waals surface area (Å²) >= 11 is 0. The monoisotopic (exact) mass is 487 g/mol. The molecule has 1 aliphatic carbocycles. The van der Waals surface area contributed by atoms with Gasteiger partial charge in [-0.05, 0) is 74.1 Å². The van der Waals surface area contributed by atoms with Crippen LogP contribution in [-0.2, 0) is 23.8 Å². The Kier molecular flexibility index (Phi) is 6.27. The molecular weight excluding hydrogens is 463 g/mol. The van der Waals surface area contributed by atoms with E-state index in [1.165, 1.54) is 13.0 Å². The molecule has 0 aliphatic heterocycles. The number of amides is 2. The van der Waals surface area contributed by atoms with E-state index < -0.39 is 29.8 Å². The van der Waals surface area contributed by atoms with Gasteiger partial charge in [0.2, 0.25) is 5.91 Å². The van der Waals surface area contributed by atoms with E-state index in [-0.39, 0.29) is 11.3 Å². The van der Waals surface area contributed by atoms with Crippen LogP contribution in [-0.4, -0.2) is 27.1 Å². The molecular formula is C24H24F3N5O3. The average molecular weight is 487 g/mol. The van der Waals surface area contributed by atoms with Crippen molar-refractivity contribution in [3.63, 3.8) is 0 Å². The molecule has 0 unspecified atom stereocenters. The number of carbonyl (C=O) groups is 2. The van der Waals surface area contributed by atoms with Gasteiger partial charge in [0, 0.05) is 23.7 Å². The summed E-state index contributed by atoms with van der Waals surface area (Å²) in [5.74, 6) is 0.366. The molecule has 3 aromatic rings. The van der Waals surface area contributed by atoms with Crippen LogP contribution in [0.15, 0.2) is 24.3 Å². The molecule has 1 aromatic heterocycles. The standard InChI is InChI=1S/C24H24F3N5O3/c1-11(14-7-15(24(25,26)27)9-16(8-14)31-13(3)33)28-22-19-10-20(32-23(34)35)17-5-4-6-18(17)21(19)29-12(2)30-22/h7-11,32H,4-6H2,1-3H3,(H,31,33)(H,34,35)(H,28,29,30)/t11-/m1/s1. The number of anilines is 3. The molecule has 0 saturated carbocycles. The number of halogens is 3. The molecule has 0 saturated heterocycles. The van der Waals surface area contributed by atoms with Crippen LogP contribution in [0.5, 0.6) is 0 Å². The fourth-order valence-corrected chi connectivity index (χ4v) is 4.45. The van der Waals surface area contributed by atoms with Crippen molar-refractivity contribution < 1.29 is 27.9 Å². The first-order chi connectivity index (χ1) is 16.4. The molecule has 1 aliphatic rings. The van der Waals surface area contributed by atoms with Gasteiger partial charge in [-0.1, -0.05) is 0 Å². The van der Waals surface area contributed by atoms with Gasteiger partial charge in [-0.25, -0.2) is 14.8 Å². The summed E-state index contributed by atoms with van der Waals surface area (Å²) in [7, 11) is 0. The Bertz CT molecular complexity index is 1340. The number of alkyl halides is 3. The maximum atomic E-state index is 13.5. The highest BCUT2D eigenvalue weighted by Gasteiger charge is 2.32. The molecule has 0 radical (unpaired) electrons. The zero-order valence-electron chi connectivity index (χ0n) is 19.3. The van der Waals surface area contributed by atoms with E-state index in [1.54, 1.807) is 19.9 Å². The number of aryl methyl sites for hydroxylation is 2. The zero-order chi connectivity index (χ0) is 25.5. The molecule has 0 spiro atoms. The minimum atomic E-state index is -4.60. The first-order valence-corrected chi connectivity index (χ1v) is 11.0. The fourth-order valence-electron chi connectivity index (χ4n) is 4.45. The van der Waals surface area contributed by atoms with E-state index in [4.69, 9.17) is 0 Å². The number of hydrogen-bond acceptors (Lipinski definition) is 5. The number of carboxylic acid groups (broad SMARTS) is 1. The summed E-state index contributed by atoms with van der Waals surface area (Å²) in [6, 6.07) is 4.41. The van der Waals surface area contributed by atoms with Crippen molar-refractivity contribution in [2.75, 3.05) is 16.0 Å². The summed E-state index contributed by atoms with van der Waals surface area (Å²) in [4.78, 5) is 31.9. The maximum absolute atomic E-state index is 13.5. The highest BCUT2D eigenvalue weighted by atomic mass is 19.4. The minimum absolute atomic E-state index is 0.0328. The number of fused-ring (bicyclic) bond motifs is 3. The molecule has 184 valence electrons. The van der Waals surface area contributed by atoms with Gasteiger partial charge < -0.3 is 15.7 Å². The van der Waals surface area contributed by atoms with Gasteiger partial charge in [-0.3, -0.25) is 10.1 Å². The summed E-state index contributed by atoms with van der Waals surface area (Å²) in [5.41, 5.74) is 2.42. The van der Waals surface area contributed by atoms with Crippen LogP contribution in [0.2, 0.25) is 0 Å². The van der Waals surface area contributed by atoms with Gasteiger partial charge in [-0.2, -0.15) is 13.2 Å². The second-order valence-corrected chi connectivity index (χ2v) is 8.57. The molecule has 11 heteroatoms. The molecule has 2 aromatic carbocycles. The smallest absolute Gasteiger partial charge is 0.416 e. The van der Waals surface area contributed by atoms with Crippen LogP contribution in [0.3, 0.4) is 0 Å². The van der Waals surface area contributed by atoms with Crippen LogP contribution in [0, 0.1) is 6.92 Å². The second-order valence-electron chi connectivity index (χ2n) is 8.57. The van der Waals surface area contributed by atoms with Crippen molar-refractivity contribution in [1.82, 2.24) is 9.97 Å². The fraction of sp³-hybridized carbons (Fsp3) is 0.333. The van der Waals surface area contributed by atoms with Crippen molar-refractivity contribution in [1.29, 1.82) is 0 Å². The van der Waals surface area contributed by atoms with Crippen molar-refractivity contribution >= 4 is 40.1 Å². The van der Waals surface area contributed by atoms with Crippen LogP contribution in [0.25, 0.3) is 10.9 Å². The number of rotatable bonds is 5. The predicted molar refractivity (Wildman–Crippen MR) is 126 cm³/mol. The minimum Gasteiger partial charge on any atom is -0.465 e. The zero-order valence-corrected chi connectivity index (χ0v) is 19.3.